The Morgan fingerprint density at radius 3 is 2.92 bits per heavy atom. The van der Waals surface area contributed by atoms with Gasteiger partial charge >= 0.3 is 0 Å². The molecule has 0 saturated carbocycles. The van der Waals surface area contributed by atoms with Crippen LogP contribution < -0.4 is 10.6 Å². The molecule has 1 rings (SSSR count). The van der Waals surface area contributed by atoms with E-state index in [4.69, 9.17) is 0 Å². The average molecular weight is 179 g/mol. The predicted octanol–water partition coefficient (Wildman–Crippen LogP) is 2.33. The number of pyridine rings is 1. The predicted molar refractivity (Wildman–Crippen MR) is 57.2 cm³/mol. The summed E-state index contributed by atoms with van der Waals surface area (Å²) in [6.07, 6.45) is 2.92. The zero-order valence-electron chi connectivity index (χ0n) is 8.46. The molecule has 0 aliphatic carbocycles. The van der Waals surface area contributed by atoms with Gasteiger partial charge in [0.1, 0.15) is 5.82 Å². The van der Waals surface area contributed by atoms with Gasteiger partial charge in [-0.05, 0) is 19.4 Å². The summed E-state index contributed by atoms with van der Waals surface area (Å²) in [5.74, 6) is 0.897. The van der Waals surface area contributed by atoms with Crippen LogP contribution in [0.3, 0.4) is 0 Å². The maximum absolute atomic E-state index is 4.14. The topological polar surface area (TPSA) is 37.0 Å². The van der Waals surface area contributed by atoms with E-state index in [1.807, 2.05) is 19.2 Å². The summed E-state index contributed by atoms with van der Waals surface area (Å²) < 4.78 is 0. The van der Waals surface area contributed by atoms with Crippen LogP contribution in [0.1, 0.15) is 20.3 Å². The van der Waals surface area contributed by atoms with Crippen molar-refractivity contribution < 1.29 is 0 Å². The number of nitrogens with one attached hydrogen (secondary N) is 2. The summed E-state index contributed by atoms with van der Waals surface area (Å²) >= 11 is 0. The molecular weight excluding hydrogens is 162 g/mol. The van der Waals surface area contributed by atoms with E-state index in [1.165, 1.54) is 0 Å². The van der Waals surface area contributed by atoms with Gasteiger partial charge < -0.3 is 10.6 Å². The highest BCUT2D eigenvalue weighted by molar-refractivity contribution is 5.51. The lowest BCUT2D eigenvalue weighted by molar-refractivity contribution is 0.764. The fourth-order valence-electron chi connectivity index (χ4n) is 1.04. The molecule has 1 unspecified atom stereocenters. The van der Waals surface area contributed by atoms with Crippen molar-refractivity contribution in [3.05, 3.63) is 18.3 Å². The van der Waals surface area contributed by atoms with E-state index in [1.54, 1.807) is 6.20 Å². The monoisotopic (exact) mass is 179 g/mol. The Balaban J connectivity index is 2.66. The molecule has 0 aliphatic rings. The van der Waals surface area contributed by atoms with Crippen LogP contribution in [0.15, 0.2) is 18.3 Å². The van der Waals surface area contributed by atoms with Crippen LogP contribution in [0, 0.1) is 0 Å². The highest BCUT2D eigenvalue weighted by atomic mass is 15.0. The van der Waals surface area contributed by atoms with Gasteiger partial charge in [-0.3, -0.25) is 0 Å². The molecule has 0 saturated heterocycles. The number of nitrogens with zero attached hydrogens (tertiary/aromatic N) is 1. The van der Waals surface area contributed by atoms with Crippen molar-refractivity contribution in [3.8, 4) is 0 Å². The lowest BCUT2D eigenvalue weighted by Gasteiger charge is -2.13. The minimum absolute atomic E-state index is 0.507. The standard InChI is InChI=1S/C10H17N3/c1-4-8(2)13-9-5-6-12-10(7-9)11-3/h5-8H,4H2,1-3H3,(H2,11,12,13). The Morgan fingerprint density at radius 1 is 1.54 bits per heavy atom. The maximum atomic E-state index is 4.14. The molecule has 3 nitrogen and oxygen atoms in total. The Kier molecular flexibility index (Phi) is 3.55. The average Bonchev–Trinajstić information content (AvgIpc) is 2.18. The Morgan fingerprint density at radius 2 is 2.31 bits per heavy atom. The van der Waals surface area contributed by atoms with Crippen molar-refractivity contribution in [3.63, 3.8) is 0 Å². The lowest BCUT2D eigenvalue weighted by atomic mass is 10.2. The summed E-state index contributed by atoms with van der Waals surface area (Å²) in [6, 6.07) is 4.49. The first-order valence-electron chi connectivity index (χ1n) is 4.66. The molecular formula is C10H17N3. The van der Waals surface area contributed by atoms with E-state index < -0.39 is 0 Å². The number of anilines is 2. The van der Waals surface area contributed by atoms with E-state index in [0.29, 0.717) is 6.04 Å². The SMILES string of the molecule is CCC(C)Nc1ccnc(NC)c1. The van der Waals surface area contributed by atoms with Gasteiger partial charge in [0.2, 0.25) is 0 Å². The van der Waals surface area contributed by atoms with Crippen molar-refractivity contribution in [2.45, 2.75) is 26.3 Å². The van der Waals surface area contributed by atoms with Crippen molar-refractivity contribution in [1.29, 1.82) is 0 Å². The van der Waals surface area contributed by atoms with Crippen LogP contribution in [0.2, 0.25) is 0 Å². The molecule has 1 atom stereocenters. The van der Waals surface area contributed by atoms with Crippen LogP contribution in [-0.4, -0.2) is 18.1 Å². The quantitative estimate of drug-likeness (QED) is 0.745. The summed E-state index contributed by atoms with van der Waals surface area (Å²) in [7, 11) is 1.87. The summed E-state index contributed by atoms with van der Waals surface area (Å²) in [6.45, 7) is 4.33. The van der Waals surface area contributed by atoms with E-state index in [-0.39, 0.29) is 0 Å². The van der Waals surface area contributed by atoms with E-state index in [2.05, 4.69) is 29.5 Å². The zero-order valence-corrected chi connectivity index (χ0v) is 8.46. The summed E-state index contributed by atoms with van der Waals surface area (Å²) in [4.78, 5) is 4.14. The van der Waals surface area contributed by atoms with Gasteiger partial charge in [0, 0.05) is 31.0 Å². The second-order valence-corrected chi connectivity index (χ2v) is 3.13. The van der Waals surface area contributed by atoms with Gasteiger partial charge in [-0.15, -0.1) is 0 Å². The highest BCUT2D eigenvalue weighted by Crippen LogP contribution is 2.12. The molecule has 0 bridgehead atoms. The Labute approximate surface area is 79.6 Å². The largest absolute Gasteiger partial charge is 0.382 e. The molecule has 72 valence electrons. The number of hydrogen-bond acceptors (Lipinski definition) is 3. The van der Waals surface area contributed by atoms with E-state index >= 15 is 0 Å². The normalized spacial score (nSPS) is 12.2. The molecule has 0 fully saturated rings. The summed E-state index contributed by atoms with van der Waals surface area (Å²) in [5.41, 5.74) is 1.12. The van der Waals surface area contributed by atoms with Crippen molar-refractivity contribution in [1.82, 2.24) is 4.98 Å². The first kappa shape index (κ1) is 9.84. The van der Waals surface area contributed by atoms with Crippen LogP contribution in [0.5, 0.6) is 0 Å². The molecule has 2 N–H and O–H groups in total. The number of hydrogen-bond donors (Lipinski definition) is 2. The molecule has 0 aliphatic heterocycles. The van der Waals surface area contributed by atoms with Gasteiger partial charge in [-0.25, -0.2) is 4.98 Å². The molecule has 13 heavy (non-hydrogen) atoms. The molecule has 0 spiro atoms. The lowest BCUT2D eigenvalue weighted by Crippen LogP contribution is -2.13. The highest BCUT2D eigenvalue weighted by Gasteiger charge is 1.99. The fraction of sp³-hybridized carbons (Fsp3) is 0.500. The zero-order chi connectivity index (χ0) is 9.68. The first-order chi connectivity index (χ1) is 6.26. The fourth-order valence-corrected chi connectivity index (χ4v) is 1.04. The van der Waals surface area contributed by atoms with Crippen molar-refractivity contribution >= 4 is 11.5 Å². The number of rotatable bonds is 4. The third kappa shape index (κ3) is 2.93. The van der Waals surface area contributed by atoms with Crippen LogP contribution in [-0.2, 0) is 0 Å². The van der Waals surface area contributed by atoms with Crippen molar-refractivity contribution in [2.75, 3.05) is 17.7 Å². The molecule has 1 aromatic heterocycles. The third-order valence-corrected chi connectivity index (χ3v) is 2.04. The molecule has 3 heteroatoms. The minimum Gasteiger partial charge on any atom is -0.382 e. The Hall–Kier alpha value is -1.25. The van der Waals surface area contributed by atoms with Crippen LogP contribution in [0.25, 0.3) is 0 Å². The third-order valence-electron chi connectivity index (χ3n) is 2.04. The van der Waals surface area contributed by atoms with Crippen molar-refractivity contribution in [2.24, 2.45) is 0 Å². The second-order valence-electron chi connectivity index (χ2n) is 3.13. The maximum Gasteiger partial charge on any atom is 0.127 e. The first-order valence-corrected chi connectivity index (χ1v) is 4.66. The number of aromatic nitrogens is 1. The van der Waals surface area contributed by atoms with Gasteiger partial charge in [0.25, 0.3) is 0 Å². The van der Waals surface area contributed by atoms with Gasteiger partial charge in [-0.1, -0.05) is 6.92 Å². The van der Waals surface area contributed by atoms with Gasteiger partial charge in [0.15, 0.2) is 0 Å². The molecule has 0 amide bonds. The minimum atomic E-state index is 0.507. The van der Waals surface area contributed by atoms with Crippen LogP contribution >= 0.6 is 0 Å². The molecule has 1 aromatic rings. The van der Waals surface area contributed by atoms with Crippen LogP contribution in [0.4, 0.5) is 11.5 Å². The molecule has 1 heterocycles. The van der Waals surface area contributed by atoms with Gasteiger partial charge in [0.05, 0.1) is 0 Å². The summed E-state index contributed by atoms with van der Waals surface area (Å²) in [5, 5.41) is 6.39. The smallest absolute Gasteiger partial charge is 0.127 e. The Bertz CT molecular complexity index is 260. The van der Waals surface area contributed by atoms with E-state index in [9.17, 15) is 0 Å². The van der Waals surface area contributed by atoms with E-state index in [0.717, 1.165) is 17.9 Å². The second kappa shape index (κ2) is 4.70. The molecule has 0 radical (unpaired) electrons. The molecule has 0 aromatic carbocycles. The van der Waals surface area contributed by atoms with Gasteiger partial charge in [-0.2, -0.15) is 0 Å².